The zero-order chi connectivity index (χ0) is 14.6. The van der Waals surface area contributed by atoms with Crippen molar-refractivity contribution in [1.82, 2.24) is 3.28 Å². The normalized spacial score (nSPS) is 11.7. The number of hydrogen-bond acceptors (Lipinski definition) is 2. The third-order valence-corrected chi connectivity index (χ3v) is 5.45. The number of amides is 1. The molecule has 0 radical (unpaired) electrons. The number of carbonyl (C=O) groups is 1. The van der Waals surface area contributed by atoms with Crippen LogP contribution in [-0.2, 0) is 11.3 Å². The Morgan fingerprint density at radius 2 is 2.11 bits per heavy atom. The van der Waals surface area contributed by atoms with Gasteiger partial charge in [-0.05, 0) is 0 Å². The van der Waals surface area contributed by atoms with Gasteiger partial charge in [-0.2, -0.15) is 0 Å². The molecule has 1 aromatic carbocycles. The second-order valence-corrected chi connectivity index (χ2v) is 7.08. The number of hydroxylamine groups is 1. The predicted molar refractivity (Wildman–Crippen MR) is 63.4 cm³/mol. The van der Waals surface area contributed by atoms with E-state index in [9.17, 15) is 22.4 Å². The van der Waals surface area contributed by atoms with Crippen LogP contribution in [0.5, 0.6) is 0 Å². The molecule has 0 saturated carbocycles. The molecule has 19 heavy (non-hydrogen) atoms. The van der Waals surface area contributed by atoms with Crippen molar-refractivity contribution in [3.05, 3.63) is 35.1 Å². The van der Waals surface area contributed by atoms with Gasteiger partial charge in [0.2, 0.25) is 0 Å². The molecule has 0 aromatic heterocycles. The van der Waals surface area contributed by atoms with Crippen LogP contribution < -0.4 is 17.5 Å². The van der Waals surface area contributed by atoms with Crippen molar-refractivity contribution in [2.24, 2.45) is 0 Å². The summed E-state index contributed by atoms with van der Waals surface area (Å²) in [7, 11) is 1.30. The fourth-order valence-electron chi connectivity index (χ4n) is 1.28. The van der Waals surface area contributed by atoms with E-state index in [2.05, 4.69) is 0 Å². The van der Waals surface area contributed by atoms with Gasteiger partial charge in [-0.1, -0.05) is 0 Å². The third-order valence-electron chi connectivity index (χ3n) is 2.07. The minimum atomic E-state index is -4.49. The summed E-state index contributed by atoms with van der Waals surface area (Å²) in [6.07, 6.45) is -5.85. The maximum atomic E-state index is 13.5. The molecule has 3 nitrogen and oxygen atoms in total. The van der Waals surface area contributed by atoms with Crippen molar-refractivity contribution in [1.29, 1.82) is 0 Å². The van der Waals surface area contributed by atoms with Gasteiger partial charge >= 0.3 is 127 Å². The van der Waals surface area contributed by atoms with Crippen LogP contribution >= 0.6 is 18.6 Å². The minimum absolute atomic E-state index is 0.0401. The van der Waals surface area contributed by atoms with Crippen LogP contribution in [0.15, 0.2) is 18.2 Å². The van der Waals surface area contributed by atoms with Crippen molar-refractivity contribution in [3.8, 4) is 0 Å². The summed E-state index contributed by atoms with van der Waals surface area (Å²) in [4.78, 5) is 16.6. The average Bonchev–Trinajstić information content (AvgIpc) is 2.31. The van der Waals surface area contributed by atoms with Gasteiger partial charge in [-0.15, -0.1) is 0 Å². The van der Waals surface area contributed by atoms with Gasteiger partial charge in [0, 0.05) is 0 Å². The second kappa shape index (κ2) is 7.02. The van der Waals surface area contributed by atoms with Gasteiger partial charge in [0.1, 0.15) is 0 Å². The first-order valence-electron chi connectivity index (χ1n) is 4.78. The van der Waals surface area contributed by atoms with Crippen LogP contribution in [0.3, 0.4) is 0 Å². The second-order valence-electron chi connectivity index (χ2n) is 3.39. The van der Waals surface area contributed by atoms with Crippen LogP contribution in [0, 0.1) is 5.82 Å². The summed E-state index contributed by atoms with van der Waals surface area (Å²) >= 11 is 1.24. The van der Waals surface area contributed by atoms with Crippen molar-refractivity contribution in [2.45, 2.75) is 12.6 Å². The first kappa shape index (κ1) is 16.9. The number of nitrogens with zero attached hydrogens (tertiary/aromatic N) is 1. The van der Waals surface area contributed by atoms with Crippen molar-refractivity contribution in [2.75, 3.05) is 7.11 Å². The van der Waals surface area contributed by atoms with Gasteiger partial charge in [0.25, 0.3) is 0 Å². The molecule has 0 aliphatic carbocycles. The molecule has 0 aliphatic heterocycles. The van der Waals surface area contributed by atoms with Gasteiger partial charge in [-0.25, -0.2) is 0 Å². The van der Waals surface area contributed by atoms with Gasteiger partial charge in [0.05, 0.1) is 0 Å². The van der Waals surface area contributed by atoms with Crippen LogP contribution in [0.25, 0.3) is 0 Å². The molecule has 0 bridgehead atoms. The van der Waals surface area contributed by atoms with E-state index in [0.29, 0.717) is 0 Å². The van der Waals surface area contributed by atoms with E-state index >= 15 is 0 Å². The first-order valence-corrected chi connectivity index (χ1v) is 12.0. The van der Waals surface area contributed by atoms with E-state index in [0.717, 1.165) is 21.5 Å². The number of hydrogen-bond donors (Lipinski definition) is 0. The summed E-state index contributed by atoms with van der Waals surface area (Å²) in [6.45, 7) is 0. The fraction of sp³-hybridized carbons (Fsp3) is 0.300. The average molecular weight is 504 g/mol. The molecule has 0 saturated heterocycles. The summed E-state index contributed by atoms with van der Waals surface area (Å²) in [5, 5.41) is 0. The van der Waals surface area contributed by atoms with E-state index < -0.39 is 47.4 Å². The number of rotatable bonds is 4. The Morgan fingerprint density at radius 1 is 1.47 bits per heavy atom. The summed E-state index contributed by atoms with van der Waals surface area (Å²) in [6, 6.07) is 2.93. The quantitative estimate of drug-likeness (QED) is 0.256. The Morgan fingerprint density at radius 3 is 2.53 bits per heavy atom. The number of carbonyl (C=O) groups excluding carboxylic acids is 1. The molecule has 0 atom stereocenters. The first-order chi connectivity index (χ1) is 8.78. The van der Waals surface area contributed by atoms with Gasteiger partial charge in [-0.3, -0.25) is 0 Å². The molecule has 0 N–H and O–H groups in total. The van der Waals surface area contributed by atoms with Gasteiger partial charge in [0.15, 0.2) is 0 Å². The van der Waals surface area contributed by atoms with E-state index in [1.54, 1.807) is 0 Å². The van der Waals surface area contributed by atoms with Crippen LogP contribution in [0.2, 0.25) is 0 Å². The van der Waals surface area contributed by atoms with E-state index in [-0.39, 0.29) is 5.56 Å². The van der Waals surface area contributed by atoms with Crippen LogP contribution in [0.1, 0.15) is 15.9 Å². The van der Waals surface area contributed by atoms with Crippen molar-refractivity contribution >= 4 is 24.5 Å². The van der Waals surface area contributed by atoms with Crippen LogP contribution in [-0.4, -0.2) is 22.5 Å². The maximum absolute atomic E-state index is 13.5. The Kier molecular flexibility index (Phi) is 6.23. The molecular formula is C10H8F4I2NO2-. The zero-order valence-electron chi connectivity index (χ0n) is 9.47. The van der Waals surface area contributed by atoms with E-state index in [4.69, 9.17) is 4.84 Å². The summed E-state index contributed by atoms with van der Waals surface area (Å²) in [5.41, 5.74) is -0.529. The van der Waals surface area contributed by atoms with Crippen molar-refractivity contribution in [3.63, 3.8) is 0 Å². The Bertz CT molecular complexity index is 463. The molecule has 1 rings (SSSR count). The van der Waals surface area contributed by atoms with Gasteiger partial charge < -0.3 is 0 Å². The molecule has 0 fully saturated rings. The topological polar surface area (TPSA) is 29.5 Å². The van der Waals surface area contributed by atoms with Crippen LogP contribution in [0.4, 0.5) is 17.6 Å². The Hall–Kier alpha value is -0.170. The Labute approximate surface area is 127 Å². The third kappa shape index (κ3) is 5.02. The molecule has 0 aliphatic rings. The molecule has 1 aromatic rings. The number of alkyl halides is 3. The number of benzene rings is 1. The monoisotopic (exact) mass is 504 g/mol. The SMILES string of the molecule is CON([I-]I)C(=O)c1ccc(CC(F)(F)F)c(F)c1. The fourth-order valence-corrected chi connectivity index (χ4v) is 3.98. The predicted octanol–water partition coefficient (Wildman–Crippen LogP) is 0.288. The molecular weight excluding hydrogens is 496 g/mol. The molecule has 0 spiro atoms. The summed E-state index contributed by atoms with van der Waals surface area (Å²) in [5.74, 6) is -1.62. The summed E-state index contributed by atoms with van der Waals surface area (Å²) < 4.78 is 51.1. The zero-order valence-corrected chi connectivity index (χ0v) is 13.8. The standard InChI is InChI=1S/C10H8F4I2NO2/c1-19-17(16-15)9(18)6-2-3-7(8(11)4-6)5-10(12,13)14/h2-4H,5H2,1H3/q-1. The molecule has 0 unspecified atom stereocenters. The van der Waals surface area contributed by atoms with Crippen molar-refractivity contribution < 1.29 is 44.7 Å². The number of halogens is 6. The molecule has 108 valence electrons. The van der Waals surface area contributed by atoms with E-state index in [1.807, 2.05) is 18.6 Å². The van der Waals surface area contributed by atoms with E-state index in [1.165, 1.54) is 7.11 Å². The molecule has 9 heteroatoms. The Balaban J connectivity index is 2.96. The molecule has 0 heterocycles. The molecule has 1 amide bonds.